The number of nitrogens with one attached hydrogen (secondary N) is 1. The fourth-order valence-corrected chi connectivity index (χ4v) is 2.65. The standard InChI is InChI=1S/C12H16N2OS/c1-10-3-5-16-11(10)2-4-14-7-12(6-13)8-15-9-12/h3,5,14H,2,4,7-9H2,1H3. The Kier molecular flexibility index (Phi) is 3.59. The second-order valence-electron chi connectivity index (χ2n) is 4.34. The van der Waals surface area contributed by atoms with E-state index in [1.54, 1.807) is 11.3 Å². The van der Waals surface area contributed by atoms with Crippen LogP contribution in [0.25, 0.3) is 0 Å². The molecule has 1 saturated heterocycles. The molecule has 2 heterocycles. The fraction of sp³-hybridized carbons (Fsp3) is 0.583. The number of nitrogens with zero attached hydrogens (tertiary/aromatic N) is 1. The molecule has 0 bridgehead atoms. The fourth-order valence-electron chi connectivity index (χ4n) is 1.74. The number of aryl methyl sites for hydroxylation is 1. The molecule has 1 fully saturated rings. The average Bonchev–Trinajstić information content (AvgIpc) is 2.62. The zero-order valence-corrected chi connectivity index (χ0v) is 10.3. The highest BCUT2D eigenvalue weighted by Crippen LogP contribution is 2.25. The molecule has 1 aliphatic rings. The van der Waals surface area contributed by atoms with Crippen molar-refractivity contribution in [1.82, 2.24) is 5.32 Å². The van der Waals surface area contributed by atoms with E-state index in [9.17, 15) is 0 Å². The van der Waals surface area contributed by atoms with Crippen LogP contribution in [0.2, 0.25) is 0 Å². The molecule has 86 valence electrons. The van der Waals surface area contributed by atoms with Crippen LogP contribution in [0.15, 0.2) is 11.4 Å². The Morgan fingerprint density at radius 2 is 2.44 bits per heavy atom. The van der Waals surface area contributed by atoms with Crippen molar-refractivity contribution in [3.05, 3.63) is 21.9 Å². The molecule has 16 heavy (non-hydrogen) atoms. The highest BCUT2D eigenvalue weighted by atomic mass is 32.1. The molecule has 1 aromatic heterocycles. The third-order valence-corrected chi connectivity index (χ3v) is 4.04. The van der Waals surface area contributed by atoms with Crippen LogP contribution < -0.4 is 5.32 Å². The molecule has 0 amide bonds. The van der Waals surface area contributed by atoms with Gasteiger partial charge in [-0.2, -0.15) is 5.26 Å². The number of hydrogen-bond donors (Lipinski definition) is 1. The summed E-state index contributed by atoms with van der Waals surface area (Å²) in [7, 11) is 0. The van der Waals surface area contributed by atoms with E-state index in [4.69, 9.17) is 10.00 Å². The maximum absolute atomic E-state index is 9.00. The molecule has 0 unspecified atom stereocenters. The van der Waals surface area contributed by atoms with E-state index in [0.717, 1.165) is 19.5 Å². The van der Waals surface area contributed by atoms with Crippen LogP contribution in [-0.2, 0) is 11.2 Å². The molecule has 0 spiro atoms. The van der Waals surface area contributed by atoms with Crippen LogP contribution in [-0.4, -0.2) is 26.3 Å². The minimum Gasteiger partial charge on any atom is -0.378 e. The first-order chi connectivity index (χ1) is 7.76. The molecular formula is C12H16N2OS. The highest BCUT2D eigenvalue weighted by molar-refractivity contribution is 7.10. The zero-order chi connectivity index (χ0) is 11.4. The molecule has 0 radical (unpaired) electrons. The number of thiophene rings is 1. The monoisotopic (exact) mass is 236 g/mol. The summed E-state index contributed by atoms with van der Waals surface area (Å²) in [5.74, 6) is 0. The maximum atomic E-state index is 9.00. The summed E-state index contributed by atoms with van der Waals surface area (Å²) in [6.45, 7) is 4.98. The van der Waals surface area contributed by atoms with Crippen molar-refractivity contribution in [2.24, 2.45) is 5.41 Å². The third kappa shape index (κ3) is 2.43. The second-order valence-corrected chi connectivity index (χ2v) is 5.34. The Hall–Kier alpha value is -0.890. The van der Waals surface area contributed by atoms with Gasteiger partial charge in [-0.05, 0) is 30.4 Å². The van der Waals surface area contributed by atoms with E-state index in [2.05, 4.69) is 29.8 Å². The molecule has 0 atom stereocenters. The summed E-state index contributed by atoms with van der Waals surface area (Å²) in [5.41, 5.74) is 1.11. The second kappa shape index (κ2) is 4.96. The SMILES string of the molecule is Cc1ccsc1CCNCC1(C#N)COC1. The van der Waals surface area contributed by atoms with Crippen LogP contribution in [0, 0.1) is 23.7 Å². The van der Waals surface area contributed by atoms with Gasteiger partial charge in [0, 0.05) is 18.0 Å². The van der Waals surface area contributed by atoms with Crippen molar-refractivity contribution in [1.29, 1.82) is 5.26 Å². The molecule has 0 saturated carbocycles. The molecule has 1 aromatic rings. The van der Waals surface area contributed by atoms with Crippen LogP contribution in [0.3, 0.4) is 0 Å². The van der Waals surface area contributed by atoms with Gasteiger partial charge in [-0.1, -0.05) is 0 Å². The molecule has 1 aliphatic heterocycles. The van der Waals surface area contributed by atoms with Gasteiger partial charge in [0.25, 0.3) is 0 Å². The Labute approximate surface area is 100 Å². The van der Waals surface area contributed by atoms with Crippen LogP contribution in [0.1, 0.15) is 10.4 Å². The molecular weight excluding hydrogens is 220 g/mol. The van der Waals surface area contributed by atoms with Crippen LogP contribution in [0.4, 0.5) is 0 Å². The van der Waals surface area contributed by atoms with E-state index >= 15 is 0 Å². The van der Waals surface area contributed by atoms with Crippen molar-refractivity contribution in [3.8, 4) is 6.07 Å². The Morgan fingerprint density at radius 1 is 1.62 bits per heavy atom. The summed E-state index contributed by atoms with van der Waals surface area (Å²) < 4.78 is 5.09. The van der Waals surface area contributed by atoms with Gasteiger partial charge in [-0.25, -0.2) is 0 Å². The number of hydrogen-bond acceptors (Lipinski definition) is 4. The summed E-state index contributed by atoms with van der Waals surface area (Å²) in [5, 5.41) is 14.5. The topological polar surface area (TPSA) is 45.0 Å². The predicted molar refractivity (Wildman–Crippen MR) is 64.5 cm³/mol. The lowest BCUT2D eigenvalue weighted by Gasteiger charge is -2.35. The van der Waals surface area contributed by atoms with Crippen LogP contribution >= 0.6 is 11.3 Å². The van der Waals surface area contributed by atoms with Crippen molar-refractivity contribution in [3.63, 3.8) is 0 Å². The van der Waals surface area contributed by atoms with Gasteiger partial charge in [-0.15, -0.1) is 11.3 Å². The lowest BCUT2D eigenvalue weighted by atomic mass is 9.88. The third-order valence-electron chi connectivity index (χ3n) is 2.95. The molecule has 4 heteroatoms. The molecule has 2 rings (SSSR count). The first-order valence-electron chi connectivity index (χ1n) is 5.48. The van der Waals surface area contributed by atoms with Crippen molar-refractivity contribution in [2.45, 2.75) is 13.3 Å². The summed E-state index contributed by atoms with van der Waals surface area (Å²) in [6, 6.07) is 4.48. The largest absolute Gasteiger partial charge is 0.378 e. The Balaban J connectivity index is 1.70. The van der Waals surface area contributed by atoms with E-state index in [0.29, 0.717) is 13.2 Å². The van der Waals surface area contributed by atoms with Gasteiger partial charge >= 0.3 is 0 Å². The number of rotatable bonds is 5. The van der Waals surface area contributed by atoms with Crippen molar-refractivity contribution >= 4 is 11.3 Å². The van der Waals surface area contributed by atoms with E-state index < -0.39 is 0 Å². The number of nitriles is 1. The lowest BCUT2D eigenvalue weighted by molar-refractivity contribution is -0.0752. The summed E-state index contributed by atoms with van der Waals surface area (Å²) >= 11 is 1.80. The van der Waals surface area contributed by atoms with E-state index in [1.165, 1.54) is 10.4 Å². The Bertz CT molecular complexity index is 390. The average molecular weight is 236 g/mol. The summed E-state index contributed by atoms with van der Waals surface area (Å²) in [6.07, 6.45) is 1.05. The highest BCUT2D eigenvalue weighted by Gasteiger charge is 2.38. The minimum absolute atomic E-state index is 0.259. The van der Waals surface area contributed by atoms with E-state index in [1.807, 2.05) is 0 Å². The molecule has 1 N–H and O–H groups in total. The van der Waals surface area contributed by atoms with Gasteiger partial charge < -0.3 is 10.1 Å². The first-order valence-corrected chi connectivity index (χ1v) is 6.36. The zero-order valence-electron chi connectivity index (χ0n) is 9.45. The number of ether oxygens (including phenoxy) is 1. The van der Waals surface area contributed by atoms with Gasteiger partial charge in [-0.3, -0.25) is 0 Å². The Morgan fingerprint density at radius 3 is 2.94 bits per heavy atom. The maximum Gasteiger partial charge on any atom is 0.116 e. The quantitative estimate of drug-likeness (QED) is 0.792. The molecule has 3 nitrogen and oxygen atoms in total. The lowest BCUT2D eigenvalue weighted by Crippen LogP contribution is -2.48. The van der Waals surface area contributed by atoms with Crippen molar-refractivity contribution < 1.29 is 4.74 Å². The molecule has 0 aliphatic carbocycles. The normalized spacial score (nSPS) is 17.8. The van der Waals surface area contributed by atoms with Gasteiger partial charge in [0.2, 0.25) is 0 Å². The smallest absolute Gasteiger partial charge is 0.116 e. The molecule has 0 aromatic carbocycles. The summed E-state index contributed by atoms with van der Waals surface area (Å²) in [4.78, 5) is 1.43. The van der Waals surface area contributed by atoms with Gasteiger partial charge in [0.1, 0.15) is 5.41 Å². The first kappa shape index (κ1) is 11.6. The van der Waals surface area contributed by atoms with Crippen molar-refractivity contribution in [2.75, 3.05) is 26.3 Å². The van der Waals surface area contributed by atoms with Gasteiger partial charge in [0.15, 0.2) is 0 Å². The predicted octanol–water partition coefficient (Wildman–Crippen LogP) is 1.73. The van der Waals surface area contributed by atoms with E-state index in [-0.39, 0.29) is 5.41 Å². The van der Waals surface area contributed by atoms with Gasteiger partial charge in [0.05, 0.1) is 19.3 Å². The minimum atomic E-state index is -0.259. The van der Waals surface area contributed by atoms with Crippen LogP contribution in [0.5, 0.6) is 0 Å².